The first kappa shape index (κ1) is 16.5. The van der Waals surface area contributed by atoms with Crippen molar-refractivity contribution in [1.29, 1.82) is 0 Å². The molecule has 1 aromatic rings. The number of hydrogen-bond donors (Lipinski definition) is 1. The quantitative estimate of drug-likeness (QED) is 0.814. The number of rotatable bonds is 6. The van der Waals surface area contributed by atoms with E-state index in [0.29, 0.717) is 6.04 Å². The molecule has 1 N–H and O–H groups in total. The smallest absolute Gasteiger partial charge is 0.261 e. The molecule has 4 heteroatoms. The van der Waals surface area contributed by atoms with Crippen LogP contribution in [0.1, 0.15) is 59.6 Å². The molecular formula is C17H28N2OS. The molecule has 3 nitrogen and oxygen atoms in total. The Labute approximate surface area is 132 Å². The van der Waals surface area contributed by atoms with E-state index in [-0.39, 0.29) is 5.91 Å². The average molecular weight is 308 g/mol. The molecule has 0 bridgehead atoms. The van der Waals surface area contributed by atoms with Crippen LogP contribution in [-0.2, 0) is 6.42 Å². The molecule has 0 radical (unpaired) electrons. The topological polar surface area (TPSA) is 32.3 Å². The summed E-state index contributed by atoms with van der Waals surface area (Å²) in [5.41, 5.74) is 1.25. The van der Waals surface area contributed by atoms with E-state index in [0.717, 1.165) is 30.8 Å². The maximum atomic E-state index is 12.1. The Balaban J connectivity index is 1.71. The minimum atomic E-state index is 0.0921. The van der Waals surface area contributed by atoms with Crippen molar-refractivity contribution in [3.05, 3.63) is 21.4 Å². The minimum Gasteiger partial charge on any atom is -0.351 e. The van der Waals surface area contributed by atoms with E-state index in [1.807, 2.05) is 6.07 Å². The highest BCUT2D eigenvalue weighted by Gasteiger charge is 2.17. The van der Waals surface area contributed by atoms with Crippen LogP contribution in [0.4, 0.5) is 0 Å². The minimum absolute atomic E-state index is 0.0921. The van der Waals surface area contributed by atoms with Gasteiger partial charge in [-0.3, -0.25) is 4.79 Å². The van der Waals surface area contributed by atoms with Gasteiger partial charge in [0.1, 0.15) is 0 Å². The van der Waals surface area contributed by atoms with E-state index in [4.69, 9.17) is 0 Å². The van der Waals surface area contributed by atoms with Crippen LogP contribution in [0, 0.1) is 6.92 Å². The van der Waals surface area contributed by atoms with Crippen LogP contribution in [0.3, 0.4) is 0 Å². The zero-order valence-electron chi connectivity index (χ0n) is 13.6. The number of carbonyl (C=O) groups is 1. The lowest BCUT2D eigenvalue weighted by atomic mass is 10.0. The molecule has 1 fully saturated rings. The van der Waals surface area contributed by atoms with Crippen molar-refractivity contribution < 1.29 is 4.79 Å². The third-order valence-electron chi connectivity index (χ3n) is 4.41. The van der Waals surface area contributed by atoms with Crippen LogP contribution in [0.2, 0.25) is 0 Å². The van der Waals surface area contributed by atoms with Gasteiger partial charge in [0, 0.05) is 24.0 Å². The molecule has 21 heavy (non-hydrogen) atoms. The van der Waals surface area contributed by atoms with Crippen molar-refractivity contribution in [2.24, 2.45) is 0 Å². The summed E-state index contributed by atoms with van der Waals surface area (Å²) in [6.07, 6.45) is 6.06. The summed E-state index contributed by atoms with van der Waals surface area (Å²) >= 11 is 1.63. The van der Waals surface area contributed by atoms with Gasteiger partial charge >= 0.3 is 0 Å². The van der Waals surface area contributed by atoms with Crippen LogP contribution < -0.4 is 5.32 Å². The van der Waals surface area contributed by atoms with E-state index in [1.165, 1.54) is 36.2 Å². The molecule has 0 spiro atoms. The van der Waals surface area contributed by atoms with Crippen molar-refractivity contribution >= 4 is 17.2 Å². The third kappa shape index (κ3) is 4.55. The fourth-order valence-corrected chi connectivity index (χ4v) is 4.07. The monoisotopic (exact) mass is 308 g/mol. The normalized spacial score (nSPS) is 19.7. The molecule has 1 atom stereocenters. The molecule has 118 valence electrons. The molecule has 1 amide bonds. The standard InChI is InChI=1S/C17H28N2OS/c1-4-15-13(2)12-16(21-15)17(20)18-9-7-11-19-10-6-5-8-14(19)3/h12,14H,4-11H2,1-3H3,(H,18,20). The van der Waals surface area contributed by atoms with Gasteiger partial charge in [0.05, 0.1) is 4.88 Å². The molecule has 1 saturated heterocycles. The molecular weight excluding hydrogens is 280 g/mol. The SMILES string of the molecule is CCc1sc(C(=O)NCCCN2CCCCC2C)cc1C. The summed E-state index contributed by atoms with van der Waals surface area (Å²) in [6.45, 7) is 9.65. The molecule has 0 aliphatic carbocycles. The first-order valence-corrected chi connectivity index (χ1v) is 9.05. The van der Waals surface area contributed by atoms with Crippen LogP contribution in [0.5, 0.6) is 0 Å². The molecule has 0 saturated carbocycles. The second-order valence-electron chi connectivity index (χ2n) is 6.06. The number of aryl methyl sites for hydroxylation is 2. The number of nitrogens with one attached hydrogen (secondary N) is 1. The Morgan fingerprint density at radius 2 is 2.29 bits per heavy atom. The van der Waals surface area contributed by atoms with E-state index >= 15 is 0 Å². The molecule has 2 rings (SSSR count). The average Bonchev–Trinajstić information content (AvgIpc) is 2.86. The summed E-state index contributed by atoms with van der Waals surface area (Å²) in [6, 6.07) is 2.73. The second-order valence-corrected chi connectivity index (χ2v) is 7.20. The fourth-order valence-electron chi connectivity index (χ4n) is 3.04. The molecule has 1 aliphatic rings. The Kier molecular flexibility index (Phi) is 6.24. The first-order chi connectivity index (χ1) is 10.1. The molecule has 1 aromatic heterocycles. The highest BCUT2D eigenvalue weighted by atomic mass is 32.1. The van der Waals surface area contributed by atoms with Gasteiger partial charge < -0.3 is 10.2 Å². The Hall–Kier alpha value is -0.870. The molecule has 0 aromatic carbocycles. The maximum Gasteiger partial charge on any atom is 0.261 e. The summed E-state index contributed by atoms with van der Waals surface area (Å²) in [7, 11) is 0. The summed E-state index contributed by atoms with van der Waals surface area (Å²) in [5.74, 6) is 0.0921. The largest absolute Gasteiger partial charge is 0.351 e. The third-order valence-corrected chi connectivity index (χ3v) is 5.79. The summed E-state index contributed by atoms with van der Waals surface area (Å²) in [5, 5.41) is 3.06. The lowest BCUT2D eigenvalue weighted by Crippen LogP contribution is -2.39. The van der Waals surface area contributed by atoms with Gasteiger partial charge in [-0.1, -0.05) is 13.3 Å². The predicted octanol–water partition coefficient (Wildman–Crippen LogP) is 3.61. The van der Waals surface area contributed by atoms with Crippen molar-refractivity contribution in [2.45, 2.75) is 58.9 Å². The number of carbonyl (C=O) groups excluding carboxylic acids is 1. The van der Waals surface area contributed by atoms with Gasteiger partial charge in [0.15, 0.2) is 0 Å². The van der Waals surface area contributed by atoms with E-state index in [2.05, 4.69) is 31.0 Å². The predicted molar refractivity (Wildman–Crippen MR) is 90.3 cm³/mol. The van der Waals surface area contributed by atoms with Crippen molar-refractivity contribution in [2.75, 3.05) is 19.6 Å². The van der Waals surface area contributed by atoms with Crippen molar-refractivity contribution in [1.82, 2.24) is 10.2 Å². The van der Waals surface area contributed by atoms with Crippen LogP contribution in [-0.4, -0.2) is 36.5 Å². The number of nitrogens with zero attached hydrogens (tertiary/aromatic N) is 1. The van der Waals surface area contributed by atoms with Crippen LogP contribution in [0.15, 0.2) is 6.07 Å². The first-order valence-electron chi connectivity index (χ1n) is 8.23. The second kappa shape index (κ2) is 7.95. The number of piperidine rings is 1. The molecule has 1 aliphatic heterocycles. The van der Waals surface area contributed by atoms with E-state index in [1.54, 1.807) is 11.3 Å². The van der Waals surface area contributed by atoms with Gasteiger partial charge in [0.2, 0.25) is 0 Å². The number of thiophene rings is 1. The highest BCUT2D eigenvalue weighted by molar-refractivity contribution is 7.14. The number of hydrogen-bond acceptors (Lipinski definition) is 3. The maximum absolute atomic E-state index is 12.1. The zero-order chi connectivity index (χ0) is 15.2. The highest BCUT2D eigenvalue weighted by Crippen LogP contribution is 2.22. The summed E-state index contributed by atoms with van der Waals surface area (Å²) < 4.78 is 0. The lowest BCUT2D eigenvalue weighted by Gasteiger charge is -2.33. The van der Waals surface area contributed by atoms with Gasteiger partial charge in [0.25, 0.3) is 5.91 Å². The van der Waals surface area contributed by atoms with Crippen LogP contribution >= 0.6 is 11.3 Å². The number of amides is 1. The molecule has 1 unspecified atom stereocenters. The Morgan fingerprint density at radius 3 is 2.95 bits per heavy atom. The van der Waals surface area contributed by atoms with Gasteiger partial charge in [-0.05, 0) is 57.7 Å². The number of likely N-dealkylation sites (tertiary alicyclic amines) is 1. The van der Waals surface area contributed by atoms with Crippen LogP contribution in [0.25, 0.3) is 0 Å². The molecule has 2 heterocycles. The van der Waals surface area contributed by atoms with E-state index < -0.39 is 0 Å². The van der Waals surface area contributed by atoms with Gasteiger partial charge in [-0.2, -0.15) is 0 Å². The van der Waals surface area contributed by atoms with Gasteiger partial charge in [-0.15, -0.1) is 11.3 Å². The Morgan fingerprint density at radius 1 is 1.48 bits per heavy atom. The fraction of sp³-hybridized carbons (Fsp3) is 0.706. The Bertz CT molecular complexity index is 469. The van der Waals surface area contributed by atoms with Crippen molar-refractivity contribution in [3.63, 3.8) is 0 Å². The zero-order valence-corrected chi connectivity index (χ0v) is 14.4. The van der Waals surface area contributed by atoms with Crippen molar-refractivity contribution in [3.8, 4) is 0 Å². The van der Waals surface area contributed by atoms with E-state index in [9.17, 15) is 4.79 Å². The van der Waals surface area contributed by atoms with Gasteiger partial charge in [-0.25, -0.2) is 0 Å². The summed E-state index contributed by atoms with van der Waals surface area (Å²) in [4.78, 5) is 16.9. The lowest BCUT2D eigenvalue weighted by molar-refractivity contribution is 0.0953.